The minimum atomic E-state index is -4.41. The Morgan fingerprint density at radius 2 is 1.15 bits per heavy atom. The van der Waals surface area contributed by atoms with Gasteiger partial charge in [0.15, 0.2) is 0 Å². The molecule has 0 unspecified atom stereocenters. The molecule has 2 fully saturated rings. The molecule has 2 saturated heterocycles. The lowest BCUT2D eigenvalue weighted by atomic mass is 9.81. The number of ether oxygens (including phenoxy) is 5. The molecule has 0 aromatic heterocycles. The third-order valence-corrected chi connectivity index (χ3v) is 13.9. The van der Waals surface area contributed by atoms with E-state index in [1.54, 1.807) is 78.8 Å². The van der Waals surface area contributed by atoms with Crippen LogP contribution in [0.2, 0.25) is 0 Å². The number of nitrogens with zero attached hydrogens (tertiary/aromatic N) is 2. The van der Waals surface area contributed by atoms with Gasteiger partial charge in [-0.25, -0.2) is 0 Å². The molecule has 80 heavy (non-hydrogen) atoms. The van der Waals surface area contributed by atoms with Gasteiger partial charge < -0.3 is 50.5 Å². The van der Waals surface area contributed by atoms with Crippen LogP contribution in [0.15, 0.2) is 102 Å². The molecule has 3 aliphatic rings. The Bertz CT molecular complexity index is 2620. The highest BCUT2D eigenvalue weighted by molar-refractivity contribution is 5.99. The van der Waals surface area contributed by atoms with Gasteiger partial charge in [-0.15, -0.1) is 0 Å². The Hall–Kier alpha value is -5.78. The van der Waals surface area contributed by atoms with Crippen molar-refractivity contribution in [3.05, 3.63) is 142 Å². The number of rotatable bonds is 16. The molecule has 4 aromatic rings. The van der Waals surface area contributed by atoms with Gasteiger partial charge >= 0.3 is 12.4 Å². The predicted octanol–water partition coefficient (Wildman–Crippen LogP) is 10.3. The standard InChI is InChI=1S/C27H32F3N3O2.C26H34F3N3O2.C4H10O3.C2H4O2/c1-18-12-20(14-22(13-18)27(28,29)30)19(2)35-16-26(21-8-6-5-7-9-21)11-10-23(15-31-26)33-17-32-25(3,4)24(33)34;1-17-12-19(14-21(13-17)26(27,28)29)18(2)34-16-25(20-8-6-5-7-9-20)11-10-22(15-31-25)32-23(33)24(3,4)30;1-5-4(6-2)7-3;1-2(3)4/h5-9,12-14,17,19,23,31H,10-11,15-16H2,1-4H3;5-9,12-14,18,22,31H,10-11,15-16,30H2,1-4H3,(H,32,33);4H,1-3H3;1H3,(H,3,4)/t19-,23+,26-;18-,22+,25-;;/m11../s1. The Morgan fingerprint density at radius 3 is 1.46 bits per heavy atom. The maximum atomic E-state index is 13.3. The molecule has 0 bridgehead atoms. The van der Waals surface area contributed by atoms with Crippen molar-refractivity contribution in [3.8, 4) is 0 Å². The Kier molecular flexibility index (Phi) is 24.0. The van der Waals surface area contributed by atoms with E-state index in [0.717, 1.165) is 48.7 Å². The van der Waals surface area contributed by atoms with Gasteiger partial charge in [-0.2, -0.15) is 26.3 Å². The van der Waals surface area contributed by atoms with E-state index in [1.165, 1.54) is 21.3 Å². The molecular weight excluding hydrogens is 1050 g/mol. The third kappa shape index (κ3) is 19.2. The molecule has 6 atom stereocenters. The number of nitrogens with one attached hydrogen (secondary N) is 3. The number of carbonyl (C=O) groups excluding carboxylic acids is 2. The lowest BCUT2D eigenvalue weighted by Crippen LogP contribution is -2.60. The third-order valence-electron chi connectivity index (χ3n) is 13.9. The fourth-order valence-electron chi connectivity index (χ4n) is 9.33. The van der Waals surface area contributed by atoms with Crippen molar-refractivity contribution in [1.82, 2.24) is 20.9 Å². The van der Waals surface area contributed by atoms with Gasteiger partial charge in [0.2, 0.25) is 5.91 Å². The molecule has 0 aliphatic carbocycles. The van der Waals surface area contributed by atoms with Crippen LogP contribution in [0.5, 0.6) is 0 Å². The zero-order valence-corrected chi connectivity index (χ0v) is 47.8. The quantitative estimate of drug-likeness (QED) is 0.0527. The molecule has 0 saturated carbocycles. The number of alkyl halides is 6. The van der Waals surface area contributed by atoms with Crippen molar-refractivity contribution in [2.24, 2.45) is 10.7 Å². The second-order valence-electron chi connectivity index (χ2n) is 21.5. The van der Waals surface area contributed by atoms with Crippen LogP contribution in [0.3, 0.4) is 0 Å². The molecule has 7 rings (SSSR count). The van der Waals surface area contributed by atoms with Gasteiger partial charge in [-0.3, -0.25) is 24.3 Å². The summed E-state index contributed by atoms with van der Waals surface area (Å²) in [6.45, 7) is 16.0. The van der Waals surface area contributed by atoms with E-state index >= 15 is 0 Å². The Morgan fingerprint density at radius 1 is 0.738 bits per heavy atom. The summed E-state index contributed by atoms with van der Waals surface area (Å²) >= 11 is 0. The summed E-state index contributed by atoms with van der Waals surface area (Å²) in [6, 6.07) is 27.7. The van der Waals surface area contributed by atoms with E-state index in [4.69, 9.17) is 25.1 Å². The first kappa shape index (κ1) is 66.7. The number of methoxy groups -OCH3 is 3. The lowest BCUT2D eigenvalue weighted by molar-refractivity contribution is -0.252. The zero-order valence-electron chi connectivity index (χ0n) is 47.8. The van der Waals surface area contributed by atoms with Crippen molar-refractivity contribution in [3.63, 3.8) is 0 Å². The number of aliphatic carboxylic acids is 1. The minimum Gasteiger partial charge on any atom is -0.481 e. The second kappa shape index (κ2) is 28.8. The summed E-state index contributed by atoms with van der Waals surface area (Å²) < 4.78 is 106. The number of hydrogen-bond acceptors (Lipinski definition) is 12. The van der Waals surface area contributed by atoms with Crippen molar-refractivity contribution in [2.45, 2.75) is 153 Å². The molecular formula is C59H80F6N6O9. The van der Waals surface area contributed by atoms with E-state index in [-0.39, 0.29) is 37.1 Å². The molecule has 15 nitrogen and oxygen atoms in total. The Labute approximate surface area is 466 Å². The lowest BCUT2D eigenvalue weighted by Gasteiger charge is -2.44. The van der Waals surface area contributed by atoms with Crippen LogP contribution >= 0.6 is 0 Å². The van der Waals surface area contributed by atoms with Crippen molar-refractivity contribution >= 4 is 24.1 Å². The predicted molar refractivity (Wildman–Crippen MR) is 293 cm³/mol. The molecule has 6 N–H and O–H groups in total. The van der Waals surface area contributed by atoms with E-state index in [0.29, 0.717) is 54.6 Å². The van der Waals surface area contributed by atoms with Crippen LogP contribution in [0.4, 0.5) is 26.3 Å². The van der Waals surface area contributed by atoms with Crippen LogP contribution in [-0.2, 0) is 61.5 Å². The largest absolute Gasteiger partial charge is 0.481 e. The van der Waals surface area contributed by atoms with Gasteiger partial charge in [0.25, 0.3) is 18.4 Å². The van der Waals surface area contributed by atoms with Gasteiger partial charge in [0.05, 0.1) is 65.5 Å². The van der Waals surface area contributed by atoms with Crippen molar-refractivity contribution < 1.29 is 69.5 Å². The first-order valence-corrected chi connectivity index (χ1v) is 26.3. The van der Waals surface area contributed by atoms with E-state index in [1.807, 2.05) is 60.7 Å². The number of aryl methyl sites for hydroxylation is 2. The smallest absolute Gasteiger partial charge is 0.416 e. The summed E-state index contributed by atoms with van der Waals surface area (Å²) in [5.41, 5.74) is 5.97. The highest BCUT2D eigenvalue weighted by Gasteiger charge is 2.45. The number of amides is 2. The maximum Gasteiger partial charge on any atom is 0.416 e. The summed E-state index contributed by atoms with van der Waals surface area (Å²) in [4.78, 5) is 40.1. The van der Waals surface area contributed by atoms with E-state index < -0.39 is 70.3 Å². The second-order valence-corrected chi connectivity index (χ2v) is 21.5. The molecule has 4 aromatic carbocycles. The SMILES string of the molecule is CC(=O)O.COC(OC)OC.Cc1cc([C@@H](C)OC[C@@]2(c3ccccc3)CC[C@H](N3C=NC(C)(C)C3=O)CN2)cc(C(F)(F)F)c1.Cc1cc([C@@H](C)OC[C@@]2(c3ccccc3)CC[C@H](NC(=O)C(C)(C)N)CN2)cc(C(F)(F)F)c1. The van der Waals surface area contributed by atoms with Crippen LogP contribution in [0.1, 0.15) is 131 Å². The zero-order chi connectivity index (χ0) is 59.9. The topological polar surface area (TPSA) is 195 Å². The number of nitrogens with two attached hydrogens (primary N) is 1. The van der Waals surface area contributed by atoms with Crippen molar-refractivity contribution in [2.75, 3.05) is 47.6 Å². The normalized spacial score (nSPS) is 21.7. The number of carboxylic acids is 1. The first-order valence-electron chi connectivity index (χ1n) is 26.3. The molecule has 0 spiro atoms. The molecule has 442 valence electrons. The number of halogens is 6. The molecule has 2 amide bonds. The monoisotopic (exact) mass is 1130 g/mol. The van der Waals surface area contributed by atoms with E-state index in [2.05, 4.69) is 35.2 Å². The summed E-state index contributed by atoms with van der Waals surface area (Å²) in [5, 5.41) is 17.6. The fourth-order valence-corrected chi connectivity index (χ4v) is 9.33. The molecule has 0 radical (unpaired) electrons. The van der Waals surface area contributed by atoms with Crippen LogP contribution < -0.4 is 21.7 Å². The van der Waals surface area contributed by atoms with Crippen molar-refractivity contribution in [1.29, 1.82) is 0 Å². The summed E-state index contributed by atoms with van der Waals surface area (Å²) in [7, 11) is 4.53. The molecule has 21 heteroatoms. The number of carboxylic acid groups (broad SMARTS) is 1. The van der Waals surface area contributed by atoms with Gasteiger partial charge in [-0.05, 0) is 128 Å². The Balaban J connectivity index is 0.000000290. The van der Waals surface area contributed by atoms with Gasteiger partial charge in [0, 0.05) is 47.4 Å². The average molecular weight is 1130 g/mol. The summed E-state index contributed by atoms with van der Waals surface area (Å²) in [6.07, 6.45) is -5.39. The van der Waals surface area contributed by atoms with E-state index in [9.17, 15) is 35.9 Å². The first-order chi connectivity index (χ1) is 37.3. The van der Waals surface area contributed by atoms with Gasteiger partial charge in [-0.1, -0.05) is 83.9 Å². The molecule has 3 heterocycles. The maximum absolute atomic E-state index is 13.3. The number of piperidine rings is 2. The highest BCUT2D eigenvalue weighted by atomic mass is 19.4. The number of hydrogen-bond donors (Lipinski definition) is 5. The van der Waals surface area contributed by atoms with Crippen LogP contribution in [0.25, 0.3) is 0 Å². The molecule has 3 aliphatic heterocycles. The summed E-state index contributed by atoms with van der Waals surface area (Å²) in [5.74, 6) is -1.06. The van der Waals surface area contributed by atoms with Crippen LogP contribution in [0, 0.1) is 13.8 Å². The van der Waals surface area contributed by atoms with Crippen LogP contribution in [-0.4, -0.2) is 111 Å². The number of carbonyl (C=O) groups is 3. The number of aliphatic imine (C=N–C) groups is 1. The average Bonchev–Trinajstić information content (AvgIpc) is 3.70. The fraction of sp³-hybridized carbons (Fsp3) is 0.525. The number of benzene rings is 4. The van der Waals surface area contributed by atoms with Gasteiger partial charge in [0.1, 0.15) is 5.54 Å². The highest BCUT2D eigenvalue weighted by Crippen LogP contribution is 2.38. The minimum absolute atomic E-state index is 0.0127.